The molecule has 0 spiro atoms. The lowest BCUT2D eigenvalue weighted by molar-refractivity contribution is -0.139. The maximum atomic E-state index is 12.1. The Hall–Kier alpha value is -1.64. The molecular formula is C13H20N2O5S. The van der Waals surface area contributed by atoms with Crippen LogP contribution < -0.4 is 9.46 Å². The summed E-state index contributed by atoms with van der Waals surface area (Å²) in [6.45, 7) is 1.71. The maximum absolute atomic E-state index is 12.1. The Morgan fingerprint density at radius 1 is 1.48 bits per heavy atom. The molecule has 0 saturated heterocycles. The van der Waals surface area contributed by atoms with Gasteiger partial charge in [-0.1, -0.05) is 19.1 Å². The van der Waals surface area contributed by atoms with Gasteiger partial charge in [0.2, 0.25) is 0 Å². The van der Waals surface area contributed by atoms with Gasteiger partial charge in [-0.3, -0.25) is 4.79 Å². The van der Waals surface area contributed by atoms with E-state index in [1.807, 2.05) is 0 Å². The molecule has 118 valence electrons. The summed E-state index contributed by atoms with van der Waals surface area (Å²) in [4.78, 5) is 10.9. The van der Waals surface area contributed by atoms with Gasteiger partial charge in [-0.05, 0) is 24.1 Å². The molecule has 0 amide bonds. The molecule has 1 aromatic rings. The van der Waals surface area contributed by atoms with E-state index in [-0.39, 0.29) is 13.0 Å². The standard InChI is InChI=1S/C13H20N2O5S/c1-4-12(13(16)17)14-21(18,19)15(2)9-10-6-5-7-11(8-10)20-3/h5-8,12,14H,4,9H2,1-3H3,(H,16,17). The van der Waals surface area contributed by atoms with Gasteiger partial charge in [-0.25, -0.2) is 0 Å². The van der Waals surface area contributed by atoms with Crippen molar-refractivity contribution in [1.29, 1.82) is 0 Å². The number of ether oxygens (including phenoxy) is 1. The summed E-state index contributed by atoms with van der Waals surface area (Å²) in [6.07, 6.45) is 0.168. The molecule has 1 aromatic carbocycles. The van der Waals surface area contributed by atoms with E-state index in [4.69, 9.17) is 9.84 Å². The molecule has 0 aliphatic carbocycles. The predicted octanol–water partition coefficient (Wildman–Crippen LogP) is 0.825. The van der Waals surface area contributed by atoms with Gasteiger partial charge in [0.25, 0.3) is 10.2 Å². The monoisotopic (exact) mass is 316 g/mol. The minimum absolute atomic E-state index is 0.114. The molecule has 0 aromatic heterocycles. The van der Waals surface area contributed by atoms with E-state index in [9.17, 15) is 13.2 Å². The highest BCUT2D eigenvalue weighted by Crippen LogP contribution is 2.15. The van der Waals surface area contributed by atoms with Crippen molar-refractivity contribution in [2.45, 2.75) is 25.9 Å². The van der Waals surface area contributed by atoms with Crippen LogP contribution in [0.2, 0.25) is 0 Å². The number of rotatable bonds is 8. The second kappa shape index (κ2) is 7.39. The third kappa shape index (κ3) is 5.00. The Balaban J connectivity index is 2.81. The van der Waals surface area contributed by atoms with E-state index in [1.165, 1.54) is 14.2 Å². The van der Waals surface area contributed by atoms with E-state index in [1.54, 1.807) is 31.2 Å². The topological polar surface area (TPSA) is 95.9 Å². The van der Waals surface area contributed by atoms with Crippen LogP contribution in [0.15, 0.2) is 24.3 Å². The summed E-state index contributed by atoms with van der Waals surface area (Å²) in [6, 6.07) is 5.87. The van der Waals surface area contributed by atoms with Crippen LogP contribution in [0, 0.1) is 0 Å². The van der Waals surface area contributed by atoms with E-state index in [0.29, 0.717) is 5.75 Å². The molecular weight excluding hydrogens is 296 g/mol. The summed E-state index contributed by atoms with van der Waals surface area (Å²) in [5.41, 5.74) is 0.741. The molecule has 2 N–H and O–H groups in total. The Bertz CT molecular complexity index is 588. The van der Waals surface area contributed by atoms with Gasteiger partial charge in [0.05, 0.1) is 7.11 Å². The van der Waals surface area contributed by atoms with Crippen LogP contribution in [0.25, 0.3) is 0 Å². The van der Waals surface area contributed by atoms with Crippen molar-refractivity contribution in [2.75, 3.05) is 14.2 Å². The number of hydrogen-bond acceptors (Lipinski definition) is 4. The average Bonchev–Trinajstić information content (AvgIpc) is 2.44. The summed E-state index contributed by atoms with van der Waals surface area (Å²) >= 11 is 0. The zero-order valence-corrected chi connectivity index (χ0v) is 13.1. The SMILES string of the molecule is CCC(NS(=O)(=O)N(C)Cc1cccc(OC)c1)C(=O)O. The minimum atomic E-state index is -3.87. The van der Waals surface area contributed by atoms with Crippen LogP contribution in [0.1, 0.15) is 18.9 Å². The highest BCUT2D eigenvalue weighted by atomic mass is 32.2. The number of carboxylic acid groups (broad SMARTS) is 1. The van der Waals surface area contributed by atoms with Crippen LogP contribution >= 0.6 is 0 Å². The van der Waals surface area contributed by atoms with Gasteiger partial charge in [0.15, 0.2) is 0 Å². The largest absolute Gasteiger partial charge is 0.497 e. The number of carboxylic acids is 1. The van der Waals surface area contributed by atoms with Gasteiger partial charge in [0, 0.05) is 13.6 Å². The first kappa shape index (κ1) is 17.4. The third-order valence-corrected chi connectivity index (χ3v) is 4.48. The predicted molar refractivity (Wildman–Crippen MR) is 78.2 cm³/mol. The van der Waals surface area contributed by atoms with Crippen molar-refractivity contribution in [2.24, 2.45) is 0 Å². The Kier molecular flexibility index (Phi) is 6.13. The Morgan fingerprint density at radius 2 is 2.14 bits per heavy atom. The van der Waals surface area contributed by atoms with Gasteiger partial charge in [0.1, 0.15) is 11.8 Å². The van der Waals surface area contributed by atoms with Crippen LogP contribution in [-0.4, -0.2) is 44.0 Å². The number of hydrogen-bond donors (Lipinski definition) is 2. The molecule has 1 rings (SSSR count). The second-order valence-electron chi connectivity index (χ2n) is 4.53. The fourth-order valence-corrected chi connectivity index (χ4v) is 2.82. The summed E-state index contributed by atoms with van der Waals surface area (Å²) in [5.74, 6) is -0.570. The molecule has 0 aliphatic rings. The maximum Gasteiger partial charge on any atom is 0.321 e. The van der Waals surface area contributed by atoms with Gasteiger partial charge in [-0.15, -0.1) is 0 Å². The van der Waals surface area contributed by atoms with E-state index in [2.05, 4.69) is 4.72 Å². The summed E-state index contributed by atoms with van der Waals surface area (Å²) in [7, 11) is -0.960. The van der Waals surface area contributed by atoms with Crippen molar-refractivity contribution in [1.82, 2.24) is 9.03 Å². The second-order valence-corrected chi connectivity index (χ2v) is 6.34. The smallest absolute Gasteiger partial charge is 0.321 e. The number of nitrogens with zero attached hydrogens (tertiary/aromatic N) is 1. The molecule has 1 atom stereocenters. The number of aliphatic carboxylic acids is 1. The quantitative estimate of drug-likeness (QED) is 0.740. The normalized spacial score (nSPS) is 13.1. The first-order valence-corrected chi connectivity index (χ1v) is 7.83. The lowest BCUT2D eigenvalue weighted by Crippen LogP contribution is -2.46. The molecule has 7 nitrogen and oxygen atoms in total. The van der Waals surface area contributed by atoms with Crippen molar-refractivity contribution in [3.63, 3.8) is 0 Å². The molecule has 21 heavy (non-hydrogen) atoms. The molecule has 0 aliphatic heterocycles. The Morgan fingerprint density at radius 3 is 2.67 bits per heavy atom. The number of carbonyl (C=O) groups is 1. The van der Waals surface area contributed by atoms with E-state index >= 15 is 0 Å². The van der Waals surface area contributed by atoms with Crippen LogP contribution in [0.5, 0.6) is 5.75 Å². The Labute approximate surface area is 124 Å². The van der Waals surface area contributed by atoms with Crippen molar-refractivity contribution in [3.8, 4) is 5.75 Å². The zero-order valence-electron chi connectivity index (χ0n) is 12.2. The van der Waals surface area contributed by atoms with Gasteiger partial charge in [-0.2, -0.15) is 17.4 Å². The summed E-state index contributed by atoms with van der Waals surface area (Å²) < 4.78 is 32.5. The van der Waals surface area contributed by atoms with E-state index < -0.39 is 22.2 Å². The molecule has 0 saturated carbocycles. The lowest BCUT2D eigenvalue weighted by atomic mass is 10.2. The molecule has 0 bridgehead atoms. The average molecular weight is 316 g/mol. The van der Waals surface area contributed by atoms with Gasteiger partial charge >= 0.3 is 5.97 Å². The third-order valence-electron chi connectivity index (χ3n) is 2.95. The minimum Gasteiger partial charge on any atom is -0.497 e. The summed E-state index contributed by atoms with van der Waals surface area (Å²) in [5, 5.41) is 8.91. The zero-order chi connectivity index (χ0) is 16.0. The first-order chi connectivity index (χ1) is 9.80. The van der Waals surface area contributed by atoms with Crippen molar-refractivity contribution < 1.29 is 23.1 Å². The van der Waals surface area contributed by atoms with Gasteiger partial charge < -0.3 is 9.84 Å². The van der Waals surface area contributed by atoms with Crippen LogP contribution in [0.4, 0.5) is 0 Å². The molecule has 1 unspecified atom stereocenters. The fraction of sp³-hybridized carbons (Fsp3) is 0.462. The fourth-order valence-electron chi connectivity index (χ4n) is 1.69. The molecule has 0 radical (unpaired) electrons. The molecule has 0 heterocycles. The van der Waals surface area contributed by atoms with E-state index in [0.717, 1.165) is 9.87 Å². The molecule has 8 heteroatoms. The van der Waals surface area contributed by atoms with Crippen molar-refractivity contribution in [3.05, 3.63) is 29.8 Å². The van der Waals surface area contributed by atoms with Crippen LogP contribution in [0.3, 0.4) is 0 Å². The molecule has 0 fully saturated rings. The lowest BCUT2D eigenvalue weighted by Gasteiger charge is -2.20. The number of benzene rings is 1. The first-order valence-electron chi connectivity index (χ1n) is 6.39. The highest BCUT2D eigenvalue weighted by molar-refractivity contribution is 7.87. The number of nitrogens with one attached hydrogen (secondary N) is 1. The van der Waals surface area contributed by atoms with Crippen LogP contribution in [-0.2, 0) is 21.5 Å². The number of methoxy groups -OCH3 is 1. The van der Waals surface area contributed by atoms with Crippen molar-refractivity contribution >= 4 is 16.2 Å². The highest BCUT2D eigenvalue weighted by Gasteiger charge is 2.25.